The average molecular weight is 345 g/mol. The van der Waals surface area contributed by atoms with Gasteiger partial charge in [0.25, 0.3) is 0 Å². The highest BCUT2D eigenvalue weighted by molar-refractivity contribution is 5.26. The topological polar surface area (TPSA) is 39.0 Å². The molecule has 0 fully saturated rings. The van der Waals surface area contributed by atoms with Gasteiger partial charge in [0.1, 0.15) is 18.1 Å². The van der Waals surface area contributed by atoms with Crippen molar-refractivity contribution in [3.8, 4) is 5.75 Å². The molecular formula is C22H34NO2+. The Balaban J connectivity index is 1.75. The molecule has 138 valence electrons. The molecule has 2 N–H and O–H groups in total. The Morgan fingerprint density at radius 2 is 1.72 bits per heavy atom. The molecule has 0 saturated heterocycles. The molecule has 0 amide bonds. The van der Waals surface area contributed by atoms with Gasteiger partial charge in [-0.05, 0) is 62.6 Å². The summed E-state index contributed by atoms with van der Waals surface area (Å²) in [7, 11) is 0. The van der Waals surface area contributed by atoms with E-state index in [9.17, 15) is 0 Å². The van der Waals surface area contributed by atoms with Crippen LogP contribution >= 0.6 is 0 Å². The van der Waals surface area contributed by atoms with Gasteiger partial charge in [0.05, 0.1) is 18.9 Å². The highest BCUT2D eigenvalue weighted by Gasteiger charge is 2.15. The maximum absolute atomic E-state index is 5.69. The molecule has 0 spiro atoms. The molecule has 0 unspecified atom stereocenters. The number of quaternary nitrogens is 1. The van der Waals surface area contributed by atoms with E-state index in [4.69, 9.17) is 9.15 Å². The average Bonchev–Trinajstić information content (AvgIpc) is 3.09. The van der Waals surface area contributed by atoms with E-state index in [1.807, 2.05) is 6.07 Å². The van der Waals surface area contributed by atoms with Crippen LogP contribution in [0.1, 0.15) is 64.2 Å². The van der Waals surface area contributed by atoms with Crippen LogP contribution in [0.15, 0.2) is 47.1 Å². The van der Waals surface area contributed by atoms with Gasteiger partial charge >= 0.3 is 0 Å². The molecule has 1 heterocycles. The van der Waals surface area contributed by atoms with E-state index in [0.29, 0.717) is 5.92 Å². The molecule has 0 radical (unpaired) electrons. The quantitative estimate of drug-likeness (QED) is 0.598. The lowest BCUT2D eigenvalue weighted by molar-refractivity contribution is -0.671. The lowest BCUT2D eigenvalue weighted by Crippen LogP contribution is -2.82. The molecule has 0 aliphatic heterocycles. The molecule has 3 nitrogen and oxygen atoms in total. The van der Waals surface area contributed by atoms with Crippen LogP contribution in [0.5, 0.6) is 5.75 Å². The molecule has 1 atom stereocenters. The fourth-order valence-corrected chi connectivity index (χ4v) is 3.05. The van der Waals surface area contributed by atoms with Gasteiger partial charge < -0.3 is 14.5 Å². The Hall–Kier alpha value is -1.74. The first-order valence-electron chi connectivity index (χ1n) is 9.65. The van der Waals surface area contributed by atoms with Crippen molar-refractivity contribution >= 4 is 0 Å². The molecule has 2 rings (SSSR count). The van der Waals surface area contributed by atoms with E-state index >= 15 is 0 Å². The maximum Gasteiger partial charge on any atom is 0.119 e. The molecule has 0 saturated carbocycles. The highest BCUT2D eigenvalue weighted by atomic mass is 16.5. The Labute approximate surface area is 152 Å². The lowest BCUT2D eigenvalue weighted by Gasteiger charge is -2.15. The van der Waals surface area contributed by atoms with Gasteiger partial charge in [-0.1, -0.05) is 20.3 Å². The predicted octanol–water partition coefficient (Wildman–Crippen LogP) is 4.74. The van der Waals surface area contributed by atoms with E-state index in [1.54, 1.807) is 6.26 Å². The second-order valence-corrected chi connectivity index (χ2v) is 7.56. The minimum Gasteiger partial charge on any atom is -0.491 e. The molecule has 0 aliphatic carbocycles. The predicted molar refractivity (Wildman–Crippen MR) is 103 cm³/mol. The minimum atomic E-state index is 0.224. The van der Waals surface area contributed by atoms with E-state index in [-0.39, 0.29) is 6.10 Å². The fraction of sp³-hybridized carbons (Fsp3) is 0.545. The third-order valence-electron chi connectivity index (χ3n) is 4.43. The Morgan fingerprint density at radius 1 is 0.960 bits per heavy atom. The third-order valence-corrected chi connectivity index (χ3v) is 4.43. The van der Waals surface area contributed by atoms with E-state index in [0.717, 1.165) is 36.9 Å². The number of furan rings is 1. The molecule has 0 bridgehead atoms. The van der Waals surface area contributed by atoms with Crippen molar-refractivity contribution in [3.05, 3.63) is 54.0 Å². The first-order valence-corrected chi connectivity index (χ1v) is 9.65. The summed E-state index contributed by atoms with van der Waals surface area (Å²) in [6.45, 7) is 10.8. The second kappa shape index (κ2) is 10.3. The monoisotopic (exact) mass is 344 g/mol. The number of rotatable bonds is 11. The van der Waals surface area contributed by atoms with Crippen LogP contribution in [0, 0.1) is 5.92 Å². The van der Waals surface area contributed by atoms with Crippen molar-refractivity contribution in [2.75, 3.05) is 6.54 Å². The van der Waals surface area contributed by atoms with Gasteiger partial charge in [0.15, 0.2) is 0 Å². The number of benzene rings is 1. The van der Waals surface area contributed by atoms with Crippen LogP contribution in [0.2, 0.25) is 0 Å². The number of nitrogens with two attached hydrogens (primary N) is 1. The van der Waals surface area contributed by atoms with Gasteiger partial charge in [0.2, 0.25) is 0 Å². The van der Waals surface area contributed by atoms with Gasteiger partial charge in [-0.2, -0.15) is 0 Å². The largest absolute Gasteiger partial charge is 0.491 e. The minimum absolute atomic E-state index is 0.224. The second-order valence-electron chi connectivity index (χ2n) is 7.56. The summed E-state index contributed by atoms with van der Waals surface area (Å²) in [4.78, 5) is 0. The van der Waals surface area contributed by atoms with Crippen molar-refractivity contribution in [1.29, 1.82) is 0 Å². The SMILES string of the molecule is CC(C)CC[C@@H](CC[NH2+]Cc1ccc(OC(C)C)cc1)c1ccco1. The van der Waals surface area contributed by atoms with Gasteiger partial charge in [0, 0.05) is 17.9 Å². The smallest absolute Gasteiger partial charge is 0.119 e. The Morgan fingerprint density at radius 3 is 2.32 bits per heavy atom. The molecular weight excluding hydrogens is 310 g/mol. The zero-order valence-electron chi connectivity index (χ0n) is 16.2. The Bertz CT molecular complexity index is 573. The van der Waals surface area contributed by atoms with E-state index < -0.39 is 0 Å². The van der Waals surface area contributed by atoms with Crippen molar-refractivity contribution in [2.45, 2.75) is 65.5 Å². The first-order chi connectivity index (χ1) is 12.0. The molecule has 2 aromatic rings. The Kier molecular flexibility index (Phi) is 8.07. The van der Waals surface area contributed by atoms with Crippen LogP contribution in [-0.2, 0) is 6.54 Å². The van der Waals surface area contributed by atoms with Crippen molar-refractivity contribution in [2.24, 2.45) is 5.92 Å². The molecule has 0 aliphatic rings. The molecule has 25 heavy (non-hydrogen) atoms. The van der Waals surface area contributed by atoms with Crippen molar-refractivity contribution in [1.82, 2.24) is 0 Å². The maximum atomic E-state index is 5.69. The summed E-state index contributed by atoms with van der Waals surface area (Å²) in [6.07, 6.45) is 5.64. The van der Waals surface area contributed by atoms with Crippen LogP contribution in [0.4, 0.5) is 0 Å². The van der Waals surface area contributed by atoms with Crippen LogP contribution in [-0.4, -0.2) is 12.6 Å². The number of hydrogen-bond acceptors (Lipinski definition) is 2. The molecule has 1 aromatic heterocycles. The summed E-state index contributed by atoms with van der Waals surface area (Å²) in [6, 6.07) is 12.6. The van der Waals surface area contributed by atoms with E-state index in [2.05, 4.69) is 63.3 Å². The molecule has 1 aromatic carbocycles. The van der Waals surface area contributed by atoms with Crippen molar-refractivity contribution < 1.29 is 14.5 Å². The van der Waals surface area contributed by atoms with E-state index in [1.165, 1.54) is 18.4 Å². The zero-order chi connectivity index (χ0) is 18.1. The van der Waals surface area contributed by atoms with Crippen LogP contribution in [0.25, 0.3) is 0 Å². The third kappa shape index (κ3) is 7.35. The van der Waals surface area contributed by atoms with Crippen LogP contribution in [0.3, 0.4) is 0 Å². The lowest BCUT2D eigenvalue weighted by atomic mass is 9.93. The van der Waals surface area contributed by atoms with Gasteiger partial charge in [-0.3, -0.25) is 0 Å². The summed E-state index contributed by atoms with van der Waals surface area (Å²) < 4.78 is 11.4. The number of ether oxygens (including phenoxy) is 1. The summed E-state index contributed by atoms with van der Waals surface area (Å²) >= 11 is 0. The van der Waals surface area contributed by atoms with Crippen LogP contribution < -0.4 is 10.1 Å². The molecule has 3 heteroatoms. The first kappa shape index (κ1) is 19.6. The highest BCUT2D eigenvalue weighted by Crippen LogP contribution is 2.26. The summed E-state index contributed by atoms with van der Waals surface area (Å²) in [5.74, 6) is 3.37. The summed E-state index contributed by atoms with van der Waals surface area (Å²) in [5, 5.41) is 2.39. The normalized spacial score (nSPS) is 12.7. The number of hydrogen-bond donors (Lipinski definition) is 1. The van der Waals surface area contributed by atoms with Gasteiger partial charge in [-0.15, -0.1) is 0 Å². The van der Waals surface area contributed by atoms with Gasteiger partial charge in [-0.25, -0.2) is 0 Å². The summed E-state index contributed by atoms with van der Waals surface area (Å²) in [5.41, 5.74) is 1.34. The fourth-order valence-electron chi connectivity index (χ4n) is 3.05. The standard InChI is InChI=1S/C22H33NO2/c1-17(2)7-10-20(22-6-5-15-24-22)13-14-23-16-19-8-11-21(12-9-19)25-18(3)4/h5-6,8-9,11-12,15,17-18,20,23H,7,10,13-14,16H2,1-4H3/p+1/t20-/m0/s1. The van der Waals surface area contributed by atoms with Crippen molar-refractivity contribution in [3.63, 3.8) is 0 Å². The zero-order valence-corrected chi connectivity index (χ0v) is 16.2.